The Hall–Kier alpha value is -1.85. The van der Waals surface area contributed by atoms with E-state index in [9.17, 15) is 8.42 Å². The van der Waals surface area contributed by atoms with E-state index in [2.05, 4.69) is 25.7 Å². The number of ether oxygens (including phenoxy) is 1. The van der Waals surface area contributed by atoms with Crippen LogP contribution in [-0.4, -0.2) is 44.8 Å². The summed E-state index contributed by atoms with van der Waals surface area (Å²) in [7, 11) is -3.16. The molecule has 1 aliphatic rings. The summed E-state index contributed by atoms with van der Waals surface area (Å²) in [5, 5.41) is 0. The van der Waals surface area contributed by atoms with Gasteiger partial charge < -0.3 is 4.74 Å². The highest BCUT2D eigenvalue weighted by Crippen LogP contribution is 2.26. The van der Waals surface area contributed by atoms with Crippen molar-refractivity contribution in [1.29, 1.82) is 0 Å². The summed E-state index contributed by atoms with van der Waals surface area (Å²) in [6.07, 6.45) is 3.59. The molecule has 152 valence electrons. The normalized spacial score (nSPS) is 16.9. The van der Waals surface area contributed by atoms with Crippen molar-refractivity contribution in [3.05, 3.63) is 48.5 Å². The number of sulfone groups is 1. The molecule has 0 amide bonds. The monoisotopic (exact) mass is 401 g/mol. The summed E-state index contributed by atoms with van der Waals surface area (Å²) in [6, 6.07) is 15.0. The lowest BCUT2D eigenvalue weighted by Crippen LogP contribution is -2.46. The highest BCUT2D eigenvalue weighted by molar-refractivity contribution is 7.90. The molecule has 1 heterocycles. The highest BCUT2D eigenvalue weighted by atomic mass is 32.2. The standard InChI is InChI=1S/C23H31NO3S/c1-23(2,3)24-15-13-18(14-16-24)17-27-21-9-5-19(6-10-21)20-7-11-22(12-8-20)28(4,25)26/h5-12,18H,13-17H2,1-4H3. The number of piperidine rings is 1. The van der Waals surface area contributed by atoms with Crippen LogP contribution >= 0.6 is 0 Å². The van der Waals surface area contributed by atoms with Gasteiger partial charge in [-0.15, -0.1) is 0 Å². The van der Waals surface area contributed by atoms with Crippen LogP contribution in [0.15, 0.2) is 53.4 Å². The maximum absolute atomic E-state index is 11.6. The van der Waals surface area contributed by atoms with Crippen molar-refractivity contribution in [3.63, 3.8) is 0 Å². The number of hydrogen-bond acceptors (Lipinski definition) is 4. The van der Waals surface area contributed by atoms with Gasteiger partial charge in [-0.25, -0.2) is 8.42 Å². The molecule has 0 saturated carbocycles. The van der Waals surface area contributed by atoms with Gasteiger partial charge >= 0.3 is 0 Å². The maximum Gasteiger partial charge on any atom is 0.175 e. The number of rotatable bonds is 5. The van der Waals surface area contributed by atoms with Crippen LogP contribution < -0.4 is 4.74 Å². The second-order valence-corrected chi connectivity index (χ2v) is 10.7. The van der Waals surface area contributed by atoms with Crippen LogP contribution in [0.2, 0.25) is 0 Å². The Bertz CT molecular complexity index is 873. The predicted molar refractivity (Wildman–Crippen MR) is 115 cm³/mol. The van der Waals surface area contributed by atoms with Crippen molar-refractivity contribution in [1.82, 2.24) is 4.90 Å². The van der Waals surface area contributed by atoms with Crippen LogP contribution in [0, 0.1) is 5.92 Å². The van der Waals surface area contributed by atoms with Gasteiger partial charge in [0.05, 0.1) is 11.5 Å². The van der Waals surface area contributed by atoms with E-state index in [-0.39, 0.29) is 5.54 Å². The van der Waals surface area contributed by atoms with Gasteiger partial charge in [0.15, 0.2) is 9.84 Å². The molecule has 2 aromatic carbocycles. The van der Waals surface area contributed by atoms with Crippen molar-refractivity contribution in [2.24, 2.45) is 5.92 Å². The summed E-state index contributed by atoms with van der Waals surface area (Å²) < 4.78 is 29.2. The van der Waals surface area contributed by atoms with E-state index in [0.29, 0.717) is 10.8 Å². The third kappa shape index (κ3) is 5.36. The van der Waals surface area contributed by atoms with Gasteiger partial charge in [-0.2, -0.15) is 0 Å². The van der Waals surface area contributed by atoms with E-state index in [4.69, 9.17) is 4.74 Å². The number of likely N-dealkylation sites (tertiary alicyclic amines) is 1. The molecule has 0 N–H and O–H groups in total. The van der Waals surface area contributed by atoms with Crippen LogP contribution in [0.4, 0.5) is 0 Å². The highest BCUT2D eigenvalue weighted by Gasteiger charge is 2.27. The lowest BCUT2D eigenvalue weighted by atomic mass is 9.94. The van der Waals surface area contributed by atoms with Crippen molar-refractivity contribution >= 4 is 9.84 Å². The maximum atomic E-state index is 11.6. The zero-order chi connectivity index (χ0) is 20.4. The molecule has 2 aromatic rings. The fraction of sp³-hybridized carbons (Fsp3) is 0.478. The van der Waals surface area contributed by atoms with Crippen molar-refractivity contribution in [2.75, 3.05) is 26.0 Å². The van der Waals surface area contributed by atoms with Gasteiger partial charge in [0.1, 0.15) is 5.75 Å². The lowest BCUT2D eigenvalue weighted by Gasteiger charge is -2.40. The zero-order valence-corrected chi connectivity index (χ0v) is 18.1. The molecule has 1 fully saturated rings. The summed E-state index contributed by atoms with van der Waals surface area (Å²) in [4.78, 5) is 2.89. The number of hydrogen-bond donors (Lipinski definition) is 0. The molecule has 0 aromatic heterocycles. The third-order valence-corrected chi connectivity index (χ3v) is 6.65. The predicted octanol–water partition coefficient (Wildman–Crippen LogP) is 4.65. The van der Waals surface area contributed by atoms with Crippen molar-refractivity contribution in [3.8, 4) is 16.9 Å². The molecule has 28 heavy (non-hydrogen) atoms. The van der Waals surface area contributed by atoms with E-state index in [1.165, 1.54) is 19.1 Å². The molecule has 0 spiro atoms. The van der Waals surface area contributed by atoms with Crippen molar-refractivity contribution in [2.45, 2.75) is 44.0 Å². The van der Waals surface area contributed by atoms with Gasteiger partial charge in [0.25, 0.3) is 0 Å². The molecule has 0 radical (unpaired) electrons. The Morgan fingerprint density at radius 3 is 1.89 bits per heavy atom. The summed E-state index contributed by atoms with van der Waals surface area (Å²) >= 11 is 0. The third-order valence-electron chi connectivity index (χ3n) is 5.52. The molecule has 0 aliphatic carbocycles. The van der Waals surface area contributed by atoms with Gasteiger partial charge in [-0.3, -0.25) is 4.90 Å². The van der Waals surface area contributed by atoms with Gasteiger partial charge in [-0.1, -0.05) is 24.3 Å². The van der Waals surface area contributed by atoms with Gasteiger partial charge in [-0.05, 0) is 88.0 Å². The Kier molecular flexibility index (Phi) is 6.15. The molecule has 0 bridgehead atoms. The van der Waals surface area contributed by atoms with Crippen LogP contribution in [0.1, 0.15) is 33.6 Å². The smallest absolute Gasteiger partial charge is 0.175 e. The van der Waals surface area contributed by atoms with Crippen LogP contribution in [0.3, 0.4) is 0 Å². The van der Waals surface area contributed by atoms with E-state index in [1.807, 2.05) is 36.4 Å². The summed E-state index contributed by atoms with van der Waals surface area (Å²) in [5.41, 5.74) is 2.29. The molecular weight excluding hydrogens is 370 g/mol. The van der Waals surface area contributed by atoms with Crippen LogP contribution in [0.25, 0.3) is 11.1 Å². The average molecular weight is 402 g/mol. The van der Waals surface area contributed by atoms with Crippen LogP contribution in [0.5, 0.6) is 5.75 Å². The van der Waals surface area contributed by atoms with Crippen LogP contribution in [-0.2, 0) is 9.84 Å². The Labute approximate surface area is 169 Å². The second kappa shape index (κ2) is 8.26. The minimum Gasteiger partial charge on any atom is -0.493 e. The molecular formula is C23H31NO3S. The van der Waals surface area contributed by atoms with Gasteiger partial charge in [0.2, 0.25) is 0 Å². The Balaban J connectivity index is 1.54. The van der Waals surface area contributed by atoms with E-state index in [0.717, 1.165) is 36.6 Å². The lowest BCUT2D eigenvalue weighted by molar-refractivity contribution is 0.0721. The van der Waals surface area contributed by atoms with E-state index in [1.54, 1.807) is 12.1 Å². The molecule has 1 aliphatic heterocycles. The minimum atomic E-state index is -3.16. The first-order valence-corrected chi connectivity index (χ1v) is 11.8. The fourth-order valence-electron chi connectivity index (χ4n) is 3.62. The van der Waals surface area contributed by atoms with E-state index >= 15 is 0 Å². The SMILES string of the molecule is CC(C)(C)N1CCC(COc2ccc(-c3ccc(S(C)(=O)=O)cc3)cc2)CC1. The first-order valence-electron chi connectivity index (χ1n) is 9.91. The Morgan fingerprint density at radius 2 is 1.43 bits per heavy atom. The summed E-state index contributed by atoms with van der Waals surface area (Å²) in [6.45, 7) is 9.88. The van der Waals surface area contributed by atoms with E-state index < -0.39 is 9.84 Å². The van der Waals surface area contributed by atoms with Crippen molar-refractivity contribution < 1.29 is 13.2 Å². The first kappa shape index (κ1) is 20.9. The Morgan fingerprint density at radius 1 is 0.929 bits per heavy atom. The average Bonchev–Trinajstić information content (AvgIpc) is 2.66. The second-order valence-electron chi connectivity index (χ2n) is 8.73. The molecule has 3 rings (SSSR count). The zero-order valence-electron chi connectivity index (χ0n) is 17.3. The number of nitrogens with zero attached hydrogens (tertiary/aromatic N) is 1. The topological polar surface area (TPSA) is 46.6 Å². The molecule has 5 heteroatoms. The quantitative estimate of drug-likeness (QED) is 0.732. The fourth-order valence-corrected chi connectivity index (χ4v) is 4.25. The largest absolute Gasteiger partial charge is 0.493 e. The molecule has 1 saturated heterocycles. The minimum absolute atomic E-state index is 0.251. The summed E-state index contributed by atoms with van der Waals surface area (Å²) in [5.74, 6) is 1.50. The molecule has 4 nitrogen and oxygen atoms in total. The molecule has 0 atom stereocenters. The number of benzene rings is 2. The van der Waals surface area contributed by atoms with Gasteiger partial charge in [0, 0.05) is 11.8 Å². The first-order chi connectivity index (χ1) is 13.1. The molecule has 0 unspecified atom stereocenters.